The molecule has 0 bridgehead atoms. The summed E-state index contributed by atoms with van der Waals surface area (Å²) in [4.78, 5) is 39.4. The molecule has 0 radical (unpaired) electrons. The van der Waals surface area contributed by atoms with Gasteiger partial charge in [-0.1, -0.05) is 0 Å². The van der Waals surface area contributed by atoms with Gasteiger partial charge in [0, 0.05) is 13.0 Å². The zero-order chi connectivity index (χ0) is 23.1. The molecule has 2 aliphatic rings. The first kappa shape index (κ1) is 22.9. The predicted octanol–water partition coefficient (Wildman–Crippen LogP) is 2.61. The van der Waals surface area contributed by atoms with Crippen molar-refractivity contribution in [3.05, 3.63) is 35.4 Å². The number of nitrogens with zero attached hydrogens (tertiary/aromatic N) is 2. The number of likely N-dealkylation sites (tertiary alicyclic amines) is 1. The van der Waals surface area contributed by atoms with E-state index in [9.17, 15) is 28.3 Å². The lowest BCUT2D eigenvalue weighted by Crippen LogP contribution is -2.51. The van der Waals surface area contributed by atoms with E-state index in [1.807, 2.05) is 0 Å². The van der Waals surface area contributed by atoms with Crippen LogP contribution in [0.5, 0.6) is 0 Å². The molecule has 2 saturated heterocycles. The number of halogens is 2. The molecule has 3 rings (SSSR count). The molecule has 1 aromatic rings. The molecule has 0 unspecified atom stereocenters. The number of cyclic esters (lactones) is 1. The number of carbonyl (C=O) groups excluding carboxylic acids is 3. The number of aliphatic hydroxyl groups excluding tert-OH is 1. The van der Waals surface area contributed by atoms with Crippen LogP contribution in [0.1, 0.15) is 39.7 Å². The Hall–Kier alpha value is -2.75. The van der Waals surface area contributed by atoms with Crippen molar-refractivity contribution in [1.82, 2.24) is 9.80 Å². The minimum absolute atomic E-state index is 0.0327. The second kappa shape index (κ2) is 8.41. The number of benzene rings is 1. The van der Waals surface area contributed by atoms with Crippen molar-refractivity contribution < 1.29 is 37.7 Å². The Morgan fingerprint density at radius 3 is 2.39 bits per heavy atom. The molecule has 0 aliphatic carbocycles. The summed E-state index contributed by atoms with van der Waals surface area (Å²) in [5.74, 6) is -2.19. The van der Waals surface area contributed by atoms with Crippen LogP contribution in [0.4, 0.5) is 18.4 Å². The third-order valence-corrected chi connectivity index (χ3v) is 5.18. The Morgan fingerprint density at radius 1 is 1.23 bits per heavy atom. The van der Waals surface area contributed by atoms with Gasteiger partial charge in [-0.15, -0.1) is 0 Å². The molecule has 2 aliphatic heterocycles. The number of hydrogen-bond donors (Lipinski definition) is 1. The normalized spacial score (nSPS) is 26.2. The molecule has 2 heterocycles. The Bertz CT molecular complexity index is 867. The highest BCUT2D eigenvalue weighted by Crippen LogP contribution is 2.33. The zero-order valence-electron chi connectivity index (χ0n) is 17.8. The first-order valence-electron chi connectivity index (χ1n) is 9.99. The molecule has 0 spiro atoms. The molecule has 170 valence electrons. The number of imide groups is 1. The minimum Gasteiger partial charge on any atom is -0.444 e. The number of rotatable bonds is 3. The van der Waals surface area contributed by atoms with E-state index in [-0.39, 0.29) is 24.9 Å². The monoisotopic (exact) mass is 440 g/mol. The lowest BCUT2D eigenvalue weighted by atomic mass is 9.94. The van der Waals surface area contributed by atoms with E-state index >= 15 is 0 Å². The molecule has 1 N–H and O–H groups in total. The van der Waals surface area contributed by atoms with Crippen LogP contribution in [0.3, 0.4) is 0 Å². The van der Waals surface area contributed by atoms with Crippen LogP contribution in [-0.2, 0) is 20.7 Å². The smallest absolute Gasteiger partial charge is 0.417 e. The van der Waals surface area contributed by atoms with Gasteiger partial charge in [-0.25, -0.2) is 23.3 Å². The molecule has 1 aromatic carbocycles. The van der Waals surface area contributed by atoms with Gasteiger partial charge < -0.3 is 14.6 Å². The molecule has 0 saturated carbocycles. The van der Waals surface area contributed by atoms with E-state index in [1.165, 1.54) is 11.8 Å². The first-order chi connectivity index (χ1) is 14.4. The molecule has 31 heavy (non-hydrogen) atoms. The van der Waals surface area contributed by atoms with Gasteiger partial charge in [-0.2, -0.15) is 0 Å². The van der Waals surface area contributed by atoms with Crippen molar-refractivity contribution in [2.45, 2.75) is 70.4 Å². The summed E-state index contributed by atoms with van der Waals surface area (Å²) in [6, 6.07) is 1.23. The van der Waals surface area contributed by atoms with E-state index in [0.717, 1.165) is 23.1 Å². The second-order valence-corrected chi connectivity index (χ2v) is 8.88. The standard InChI is InChI=1S/C21H26F2N2O6/c1-11(26)25-17(7-12-5-13(22)8-14(23)6-12)18(30-20(25)29)16-9-15(27)10-24(16)19(28)31-21(2,3)4/h5-6,8,15-18,27H,7,9-10H2,1-4H3/t15-,16+,17+,18-/m1/s1. The Kier molecular flexibility index (Phi) is 6.22. The molecule has 8 nitrogen and oxygen atoms in total. The SMILES string of the molecule is CC(=O)N1C(=O)O[C@H]([C@@H]2C[C@@H](O)CN2C(=O)OC(C)(C)C)[C@@H]1Cc1cc(F)cc(F)c1. The van der Waals surface area contributed by atoms with Crippen LogP contribution in [0.15, 0.2) is 18.2 Å². The highest BCUT2D eigenvalue weighted by atomic mass is 19.1. The molecule has 10 heteroatoms. The molecular weight excluding hydrogens is 414 g/mol. The van der Waals surface area contributed by atoms with Crippen molar-refractivity contribution in [3.63, 3.8) is 0 Å². The number of amides is 3. The van der Waals surface area contributed by atoms with Crippen LogP contribution in [-0.4, -0.2) is 69.4 Å². The van der Waals surface area contributed by atoms with Crippen molar-refractivity contribution in [3.8, 4) is 0 Å². The first-order valence-corrected chi connectivity index (χ1v) is 9.99. The Morgan fingerprint density at radius 2 is 1.84 bits per heavy atom. The quantitative estimate of drug-likeness (QED) is 0.776. The fraction of sp³-hybridized carbons (Fsp3) is 0.571. The fourth-order valence-electron chi connectivity index (χ4n) is 4.09. The van der Waals surface area contributed by atoms with E-state index in [2.05, 4.69) is 0 Å². The average Bonchev–Trinajstić information content (AvgIpc) is 3.12. The van der Waals surface area contributed by atoms with Crippen molar-refractivity contribution in [1.29, 1.82) is 0 Å². The van der Waals surface area contributed by atoms with Crippen LogP contribution < -0.4 is 0 Å². The van der Waals surface area contributed by atoms with E-state index in [1.54, 1.807) is 20.8 Å². The van der Waals surface area contributed by atoms with Crippen molar-refractivity contribution in [2.24, 2.45) is 0 Å². The Balaban J connectivity index is 1.93. The summed E-state index contributed by atoms with van der Waals surface area (Å²) in [6.07, 6.45) is -3.48. The van der Waals surface area contributed by atoms with Gasteiger partial charge in [0.25, 0.3) is 0 Å². The van der Waals surface area contributed by atoms with Gasteiger partial charge in [0.2, 0.25) is 5.91 Å². The fourth-order valence-corrected chi connectivity index (χ4v) is 4.09. The summed E-state index contributed by atoms with van der Waals surface area (Å²) in [7, 11) is 0. The lowest BCUT2D eigenvalue weighted by Gasteiger charge is -2.33. The number of β-amino-alcohol motifs (C(OH)–C–C–N with tert-alkyl or cyclic N) is 1. The lowest BCUT2D eigenvalue weighted by molar-refractivity contribution is -0.127. The van der Waals surface area contributed by atoms with Gasteiger partial charge in [0.05, 0.1) is 24.7 Å². The predicted molar refractivity (Wildman–Crippen MR) is 104 cm³/mol. The van der Waals surface area contributed by atoms with Crippen LogP contribution in [0.2, 0.25) is 0 Å². The molecule has 2 fully saturated rings. The third kappa shape index (κ3) is 5.12. The number of aliphatic hydroxyl groups is 1. The van der Waals surface area contributed by atoms with Crippen LogP contribution in [0, 0.1) is 11.6 Å². The zero-order valence-corrected chi connectivity index (χ0v) is 17.8. The highest BCUT2D eigenvalue weighted by Gasteiger charge is 2.53. The number of carbonyl (C=O) groups is 3. The molecular formula is C21H26F2N2O6. The summed E-state index contributed by atoms with van der Waals surface area (Å²) in [5, 5.41) is 10.2. The maximum atomic E-state index is 13.7. The number of hydrogen-bond acceptors (Lipinski definition) is 6. The highest BCUT2D eigenvalue weighted by molar-refractivity contribution is 5.92. The molecule has 0 aromatic heterocycles. The summed E-state index contributed by atoms with van der Waals surface area (Å²) < 4.78 is 38.2. The summed E-state index contributed by atoms with van der Waals surface area (Å²) in [6.45, 7) is 6.23. The van der Waals surface area contributed by atoms with Crippen molar-refractivity contribution >= 4 is 18.1 Å². The third-order valence-electron chi connectivity index (χ3n) is 5.18. The van der Waals surface area contributed by atoms with Crippen LogP contribution in [0.25, 0.3) is 0 Å². The van der Waals surface area contributed by atoms with E-state index in [0.29, 0.717) is 0 Å². The largest absolute Gasteiger partial charge is 0.444 e. The minimum atomic E-state index is -1.01. The van der Waals surface area contributed by atoms with Gasteiger partial charge in [0.15, 0.2) is 0 Å². The molecule has 3 amide bonds. The maximum absolute atomic E-state index is 13.7. The van der Waals surface area contributed by atoms with Gasteiger partial charge >= 0.3 is 12.2 Å². The second-order valence-electron chi connectivity index (χ2n) is 8.88. The average molecular weight is 440 g/mol. The van der Waals surface area contributed by atoms with E-state index < -0.39 is 59.6 Å². The van der Waals surface area contributed by atoms with E-state index in [4.69, 9.17) is 9.47 Å². The number of ether oxygens (including phenoxy) is 2. The van der Waals surface area contributed by atoms with Crippen molar-refractivity contribution in [2.75, 3.05) is 6.54 Å². The summed E-state index contributed by atoms with van der Waals surface area (Å²) in [5.41, 5.74) is -0.565. The van der Waals surface area contributed by atoms with Crippen LogP contribution >= 0.6 is 0 Å². The van der Waals surface area contributed by atoms with Gasteiger partial charge in [-0.3, -0.25) is 9.69 Å². The Labute approximate surface area is 178 Å². The van der Waals surface area contributed by atoms with Gasteiger partial charge in [-0.05, 0) is 51.3 Å². The maximum Gasteiger partial charge on any atom is 0.417 e. The van der Waals surface area contributed by atoms with Gasteiger partial charge in [0.1, 0.15) is 23.3 Å². The topological polar surface area (TPSA) is 96.4 Å². The summed E-state index contributed by atoms with van der Waals surface area (Å²) >= 11 is 0. The molecule has 4 atom stereocenters.